The second-order valence-electron chi connectivity index (χ2n) is 3.59. The fourth-order valence-corrected chi connectivity index (χ4v) is 2.20. The molecule has 1 aromatic rings. The maximum absolute atomic E-state index is 11.3. The fraction of sp³-hybridized carbons (Fsp3) is 0.273. The number of carbonyl (C=O) groups excluding carboxylic acids is 1. The summed E-state index contributed by atoms with van der Waals surface area (Å²) in [6.45, 7) is 1.44. The predicted octanol–water partition coefficient (Wildman–Crippen LogP) is 1.09. The molecule has 4 nitrogen and oxygen atoms in total. The SMILES string of the molecule is CC(=O)Cc1ccc(S(C)(=O)=O)c(C#N)c1. The molecule has 0 heterocycles. The van der Waals surface area contributed by atoms with Crippen LogP contribution in [0.5, 0.6) is 0 Å². The Morgan fingerprint density at radius 1 is 1.44 bits per heavy atom. The van der Waals surface area contributed by atoms with Crippen LogP contribution in [-0.2, 0) is 21.1 Å². The Labute approximate surface area is 94.4 Å². The minimum atomic E-state index is -3.40. The minimum absolute atomic E-state index is 0.00213. The monoisotopic (exact) mass is 237 g/mol. The van der Waals surface area contributed by atoms with Crippen molar-refractivity contribution in [3.63, 3.8) is 0 Å². The van der Waals surface area contributed by atoms with Gasteiger partial charge in [0.15, 0.2) is 9.84 Å². The number of hydrogen-bond donors (Lipinski definition) is 0. The molecule has 0 spiro atoms. The molecule has 0 radical (unpaired) electrons. The van der Waals surface area contributed by atoms with E-state index in [-0.39, 0.29) is 22.7 Å². The first-order valence-electron chi connectivity index (χ1n) is 4.57. The first-order valence-corrected chi connectivity index (χ1v) is 6.46. The molecule has 0 atom stereocenters. The normalized spacial score (nSPS) is 10.8. The lowest BCUT2D eigenvalue weighted by Crippen LogP contribution is -2.03. The molecule has 0 aromatic heterocycles. The molecule has 16 heavy (non-hydrogen) atoms. The molecule has 0 saturated carbocycles. The molecule has 84 valence electrons. The van der Waals surface area contributed by atoms with Gasteiger partial charge in [-0.1, -0.05) is 6.07 Å². The number of rotatable bonds is 3. The van der Waals surface area contributed by atoms with E-state index in [1.165, 1.54) is 19.1 Å². The summed E-state index contributed by atoms with van der Waals surface area (Å²) in [6.07, 6.45) is 1.26. The van der Waals surface area contributed by atoms with Crippen molar-refractivity contribution in [3.05, 3.63) is 29.3 Å². The van der Waals surface area contributed by atoms with Crippen LogP contribution in [0.4, 0.5) is 0 Å². The first-order chi connectivity index (χ1) is 7.34. The third kappa shape index (κ3) is 2.91. The van der Waals surface area contributed by atoms with Crippen LogP contribution in [0.1, 0.15) is 18.1 Å². The van der Waals surface area contributed by atoms with Gasteiger partial charge in [0.05, 0.1) is 10.5 Å². The van der Waals surface area contributed by atoms with Crippen LogP contribution in [0.2, 0.25) is 0 Å². The number of ketones is 1. The van der Waals surface area contributed by atoms with E-state index < -0.39 is 9.84 Å². The number of hydrogen-bond acceptors (Lipinski definition) is 4. The molecule has 0 bridgehead atoms. The van der Waals surface area contributed by atoms with Gasteiger partial charge in [-0.2, -0.15) is 5.26 Å². The number of nitriles is 1. The number of Topliss-reactive ketones (excluding diaryl/α,β-unsaturated/α-hetero) is 1. The third-order valence-electron chi connectivity index (χ3n) is 2.02. The molecule has 0 unspecified atom stereocenters. The van der Waals surface area contributed by atoms with E-state index in [9.17, 15) is 13.2 Å². The van der Waals surface area contributed by atoms with Crippen LogP contribution in [0.3, 0.4) is 0 Å². The lowest BCUT2D eigenvalue weighted by atomic mass is 10.1. The van der Waals surface area contributed by atoms with Crippen molar-refractivity contribution in [3.8, 4) is 6.07 Å². The van der Waals surface area contributed by atoms with Crippen molar-refractivity contribution >= 4 is 15.6 Å². The van der Waals surface area contributed by atoms with Crippen LogP contribution < -0.4 is 0 Å². The summed E-state index contributed by atoms with van der Waals surface area (Å²) in [6, 6.07) is 6.19. The molecular weight excluding hydrogens is 226 g/mol. The largest absolute Gasteiger partial charge is 0.300 e. The van der Waals surface area contributed by atoms with E-state index in [1.807, 2.05) is 6.07 Å². The Hall–Kier alpha value is -1.67. The lowest BCUT2D eigenvalue weighted by Gasteiger charge is -2.03. The van der Waals surface area contributed by atoms with Crippen LogP contribution in [-0.4, -0.2) is 20.5 Å². The van der Waals surface area contributed by atoms with E-state index >= 15 is 0 Å². The zero-order chi connectivity index (χ0) is 12.3. The minimum Gasteiger partial charge on any atom is -0.300 e. The van der Waals surface area contributed by atoms with E-state index in [2.05, 4.69) is 0 Å². The topological polar surface area (TPSA) is 75.0 Å². The van der Waals surface area contributed by atoms with E-state index in [0.29, 0.717) is 5.56 Å². The summed E-state index contributed by atoms with van der Waals surface area (Å²) < 4.78 is 22.7. The van der Waals surface area contributed by atoms with E-state index in [1.54, 1.807) is 6.07 Å². The van der Waals surface area contributed by atoms with E-state index in [0.717, 1.165) is 6.26 Å². The Morgan fingerprint density at radius 3 is 2.50 bits per heavy atom. The number of carbonyl (C=O) groups is 1. The van der Waals surface area contributed by atoms with Gasteiger partial charge in [-0.3, -0.25) is 4.79 Å². The van der Waals surface area contributed by atoms with Crippen molar-refractivity contribution in [1.29, 1.82) is 5.26 Å². The summed E-state index contributed by atoms with van der Waals surface area (Å²) in [5.74, 6) is -0.0315. The highest BCUT2D eigenvalue weighted by molar-refractivity contribution is 7.90. The molecular formula is C11H11NO3S. The van der Waals surface area contributed by atoms with E-state index in [4.69, 9.17) is 5.26 Å². The van der Waals surface area contributed by atoms with Gasteiger partial charge < -0.3 is 0 Å². The van der Waals surface area contributed by atoms with Gasteiger partial charge in [0.25, 0.3) is 0 Å². The molecule has 0 aliphatic heterocycles. The summed E-state index contributed by atoms with van der Waals surface area (Å²) in [5.41, 5.74) is 0.734. The summed E-state index contributed by atoms with van der Waals surface area (Å²) in [4.78, 5) is 10.9. The number of benzene rings is 1. The predicted molar refractivity (Wildman–Crippen MR) is 58.7 cm³/mol. The molecule has 0 saturated heterocycles. The maximum Gasteiger partial charge on any atom is 0.176 e. The Kier molecular flexibility index (Phi) is 3.45. The third-order valence-corrected chi connectivity index (χ3v) is 3.17. The summed E-state index contributed by atoms with van der Waals surface area (Å²) in [5, 5.41) is 8.84. The smallest absolute Gasteiger partial charge is 0.176 e. The highest BCUT2D eigenvalue weighted by Gasteiger charge is 2.13. The van der Waals surface area contributed by atoms with Gasteiger partial charge in [-0.25, -0.2) is 8.42 Å². The maximum atomic E-state index is 11.3. The van der Waals surface area contributed by atoms with Crippen molar-refractivity contribution in [2.75, 3.05) is 6.26 Å². The average Bonchev–Trinajstić information content (AvgIpc) is 2.14. The number of sulfone groups is 1. The molecule has 0 fully saturated rings. The molecule has 0 aliphatic carbocycles. The first kappa shape index (κ1) is 12.4. The van der Waals surface area contributed by atoms with Crippen LogP contribution in [0.15, 0.2) is 23.1 Å². The van der Waals surface area contributed by atoms with Gasteiger partial charge in [-0.15, -0.1) is 0 Å². The van der Waals surface area contributed by atoms with Gasteiger partial charge >= 0.3 is 0 Å². The molecule has 0 aliphatic rings. The second kappa shape index (κ2) is 4.45. The van der Waals surface area contributed by atoms with Crippen LogP contribution >= 0.6 is 0 Å². The fourth-order valence-electron chi connectivity index (χ4n) is 1.39. The highest BCUT2D eigenvalue weighted by atomic mass is 32.2. The molecule has 0 N–H and O–H groups in total. The van der Waals surface area contributed by atoms with Crippen molar-refractivity contribution < 1.29 is 13.2 Å². The Morgan fingerprint density at radius 2 is 2.06 bits per heavy atom. The molecule has 1 rings (SSSR count). The van der Waals surface area contributed by atoms with Crippen molar-refractivity contribution in [2.24, 2.45) is 0 Å². The standard InChI is InChI=1S/C11H11NO3S/c1-8(13)5-9-3-4-11(16(2,14)15)10(6-9)7-12/h3-4,6H,5H2,1-2H3. The van der Waals surface area contributed by atoms with Gasteiger partial charge in [0.2, 0.25) is 0 Å². The Bertz CT molecular complexity index is 567. The van der Waals surface area contributed by atoms with Gasteiger partial charge in [0, 0.05) is 12.7 Å². The highest BCUT2D eigenvalue weighted by Crippen LogP contribution is 2.17. The van der Waals surface area contributed by atoms with Crippen molar-refractivity contribution in [2.45, 2.75) is 18.2 Å². The van der Waals surface area contributed by atoms with Crippen LogP contribution in [0, 0.1) is 11.3 Å². The molecule has 0 amide bonds. The zero-order valence-corrected chi connectivity index (χ0v) is 9.84. The average molecular weight is 237 g/mol. The quantitative estimate of drug-likeness (QED) is 0.788. The molecule has 1 aromatic carbocycles. The second-order valence-corrected chi connectivity index (χ2v) is 5.58. The lowest BCUT2D eigenvalue weighted by molar-refractivity contribution is -0.116. The van der Waals surface area contributed by atoms with Gasteiger partial charge in [0.1, 0.15) is 11.9 Å². The van der Waals surface area contributed by atoms with Crippen molar-refractivity contribution in [1.82, 2.24) is 0 Å². The number of nitrogens with zero attached hydrogens (tertiary/aromatic N) is 1. The molecule has 5 heteroatoms. The van der Waals surface area contributed by atoms with Gasteiger partial charge in [-0.05, 0) is 24.6 Å². The zero-order valence-electron chi connectivity index (χ0n) is 9.02. The van der Waals surface area contributed by atoms with Crippen LogP contribution in [0.25, 0.3) is 0 Å². The summed E-state index contributed by atoms with van der Waals surface area (Å²) >= 11 is 0. The summed E-state index contributed by atoms with van der Waals surface area (Å²) in [7, 11) is -3.40. The Balaban J connectivity index is 3.29.